The number of methoxy groups -OCH3 is 2. The third kappa shape index (κ3) is 3.62. The molecule has 1 saturated heterocycles. The summed E-state index contributed by atoms with van der Waals surface area (Å²) in [5.41, 5.74) is 2.20. The number of benzene rings is 2. The van der Waals surface area contributed by atoms with Crippen LogP contribution in [0.4, 0.5) is 4.79 Å². The van der Waals surface area contributed by atoms with Crippen molar-refractivity contribution in [3.8, 4) is 11.5 Å². The van der Waals surface area contributed by atoms with E-state index in [-0.39, 0.29) is 12.1 Å². The van der Waals surface area contributed by atoms with Crippen molar-refractivity contribution >= 4 is 6.09 Å². The maximum absolute atomic E-state index is 12.1. The van der Waals surface area contributed by atoms with Crippen LogP contribution in [0.2, 0.25) is 0 Å². The summed E-state index contributed by atoms with van der Waals surface area (Å²) >= 11 is 0. The molecule has 3 rings (SSSR count). The predicted octanol–water partition coefficient (Wildman–Crippen LogP) is 3.27. The first-order valence-corrected chi connectivity index (χ1v) is 7.89. The molecule has 1 aliphatic heterocycles. The summed E-state index contributed by atoms with van der Waals surface area (Å²) in [7, 11) is 3.28. The van der Waals surface area contributed by atoms with Crippen molar-refractivity contribution in [1.82, 2.24) is 4.90 Å². The summed E-state index contributed by atoms with van der Waals surface area (Å²) < 4.78 is 15.6. The van der Waals surface area contributed by atoms with Gasteiger partial charge in [0.2, 0.25) is 0 Å². The van der Waals surface area contributed by atoms with Gasteiger partial charge in [0.25, 0.3) is 0 Å². The smallest absolute Gasteiger partial charge is 0.410 e. The Balaban J connectivity index is 1.68. The summed E-state index contributed by atoms with van der Waals surface area (Å²) in [5.74, 6) is 1.63. The molecule has 1 aliphatic rings. The zero-order valence-electron chi connectivity index (χ0n) is 13.9. The van der Waals surface area contributed by atoms with E-state index in [4.69, 9.17) is 14.2 Å². The lowest BCUT2D eigenvalue weighted by Gasteiger charge is -2.21. The highest BCUT2D eigenvalue weighted by atomic mass is 16.6. The van der Waals surface area contributed by atoms with E-state index in [9.17, 15) is 4.79 Å². The van der Waals surface area contributed by atoms with Gasteiger partial charge < -0.3 is 14.2 Å². The number of ether oxygens (including phenoxy) is 3. The minimum Gasteiger partial charge on any atom is -0.497 e. The minimum absolute atomic E-state index is 0.0352. The monoisotopic (exact) mass is 327 g/mol. The first-order valence-electron chi connectivity index (χ1n) is 7.89. The van der Waals surface area contributed by atoms with E-state index in [1.54, 1.807) is 19.1 Å². The Hall–Kier alpha value is -2.69. The Morgan fingerprint density at radius 3 is 2.04 bits per heavy atom. The highest BCUT2D eigenvalue weighted by Crippen LogP contribution is 2.22. The summed E-state index contributed by atoms with van der Waals surface area (Å²) in [5, 5.41) is 0. The van der Waals surface area contributed by atoms with Crippen molar-refractivity contribution in [1.29, 1.82) is 0 Å². The van der Waals surface area contributed by atoms with Crippen molar-refractivity contribution in [3.05, 3.63) is 59.7 Å². The SMILES string of the molecule is COc1ccc(CC2COC(=O)N2Cc2ccc(OC)cc2)cc1. The van der Waals surface area contributed by atoms with Crippen LogP contribution < -0.4 is 9.47 Å². The van der Waals surface area contributed by atoms with E-state index in [2.05, 4.69) is 0 Å². The molecule has 0 N–H and O–H groups in total. The normalized spacial score (nSPS) is 16.8. The molecule has 0 aromatic heterocycles. The van der Waals surface area contributed by atoms with Gasteiger partial charge in [-0.05, 0) is 41.8 Å². The number of rotatable bonds is 6. The van der Waals surface area contributed by atoms with Crippen LogP contribution in [0.15, 0.2) is 48.5 Å². The third-order valence-electron chi connectivity index (χ3n) is 4.22. The van der Waals surface area contributed by atoms with Gasteiger partial charge in [-0.3, -0.25) is 4.90 Å². The quantitative estimate of drug-likeness (QED) is 0.817. The molecular weight excluding hydrogens is 306 g/mol. The molecule has 0 radical (unpaired) electrons. The molecule has 2 aromatic rings. The summed E-state index contributed by atoms with van der Waals surface area (Å²) in [6.45, 7) is 0.949. The second-order valence-electron chi connectivity index (χ2n) is 5.76. The summed E-state index contributed by atoms with van der Waals surface area (Å²) in [4.78, 5) is 13.8. The Kier molecular flexibility index (Phi) is 4.89. The van der Waals surface area contributed by atoms with Gasteiger partial charge in [0.1, 0.15) is 18.1 Å². The molecule has 0 saturated carbocycles. The lowest BCUT2D eigenvalue weighted by molar-refractivity contribution is 0.156. The van der Waals surface area contributed by atoms with Crippen LogP contribution in [-0.4, -0.2) is 37.9 Å². The Bertz CT molecular complexity index is 682. The third-order valence-corrected chi connectivity index (χ3v) is 4.22. The molecule has 1 atom stereocenters. The second-order valence-corrected chi connectivity index (χ2v) is 5.76. The lowest BCUT2D eigenvalue weighted by atomic mass is 10.0. The van der Waals surface area contributed by atoms with E-state index in [0.717, 1.165) is 29.0 Å². The van der Waals surface area contributed by atoms with Crippen molar-refractivity contribution < 1.29 is 19.0 Å². The first-order chi connectivity index (χ1) is 11.7. The molecule has 2 aromatic carbocycles. The molecule has 1 amide bonds. The average Bonchev–Trinajstić information content (AvgIpc) is 2.96. The topological polar surface area (TPSA) is 48.0 Å². The van der Waals surface area contributed by atoms with E-state index < -0.39 is 0 Å². The molecule has 1 unspecified atom stereocenters. The van der Waals surface area contributed by atoms with Crippen LogP contribution in [0.25, 0.3) is 0 Å². The van der Waals surface area contributed by atoms with Gasteiger partial charge in [0, 0.05) is 6.54 Å². The van der Waals surface area contributed by atoms with E-state index in [1.165, 1.54) is 0 Å². The maximum atomic E-state index is 12.1. The van der Waals surface area contributed by atoms with Gasteiger partial charge in [-0.15, -0.1) is 0 Å². The molecule has 1 fully saturated rings. The molecular formula is C19H21NO4. The van der Waals surface area contributed by atoms with E-state index in [0.29, 0.717) is 13.2 Å². The predicted molar refractivity (Wildman–Crippen MR) is 90.4 cm³/mol. The fraction of sp³-hybridized carbons (Fsp3) is 0.316. The number of carbonyl (C=O) groups excluding carboxylic acids is 1. The molecule has 1 heterocycles. The lowest BCUT2D eigenvalue weighted by Crippen LogP contribution is -2.34. The minimum atomic E-state index is -0.260. The Labute approximate surface area is 141 Å². The zero-order valence-corrected chi connectivity index (χ0v) is 13.9. The van der Waals surface area contributed by atoms with Gasteiger partial charge in [0.05, 0.1) is 20.3 Å². The number of hydrogen-bond donors (Lipinski definition) is 0. The van der Waals surface area contributed by atoms with Crippen LogP contribution >= 0.6 is 0 Å². The number of hydrogen-bond acceptors (Lipinski definition) is 4. The van der Waals surface area contributed by atoms with Crippen LogP contribution in [-0.2, 0) is 17.7 Å². The summed E-state index contributed by atoms with van der Waals surface area (Å²) in [6, 6.07) is 15.7. The zero-order chi connectivity index (χ0) is 16.9. The average molecular weight is 327 g/mol. The fourth-order valence-corrected chi connectivity index (χ4v) is 2.81. The molecule has 0 bridgehead atoms. The highest BCUT2D eigenvalue weighted by Gasteiger charge is 2.32. The van der Waals surface area contributed by atoms with Crippen LogP contribution in [0, 0.1) is 0 Å². The number of nitrogens with zero attached hydrogens (tertiary/aromatic N) is 1. The van der Waals surface area contributed by atoms with E-state index >= 15 is 0 Å². The van der Waals surface area contributed by atoms with Gasteiger partial charge in [-0.1, -0.05) is 24.3 Å². The standard InChI is InChI=1S/C19H21NO4/c1-22-17-7-3-14(4-8-17)11-16-13-24-19(21)20(16)12-15-5-9-18(23-2)10-6-15/h3-10,16H,11-13H2,1-2H3. The van der Waals surface area contributed by atoms with E-state index in [1.807, 2.05) is 48.5 Å². The van der Waals surface area contributed by atoms with Gasteiger partial charge in [0.15, 0.2) is 0 Å². The number of cyclic esters (lactones) is 1. The van der Waals surface area contributed by atoms with Crippen LogP contribution in [0.5, 0.6) is 11.5 Å². The Morgan fingerprint density at radius 1 is 0.958 bits per heavy atom. The molecule has 0 aliphatic carbocycles. The van der Waals surface area contributed by atoms with Crippen molar-refractivity contribution in [2.75, 3.05) is 20.8 Å². The maximum Gasteiger partial charge on any atom is 0.410 e. The second kappa shape index (κ2) is 7.25. The van der Waals surface area contributed by atoms with Crippen molar-refractivity contribution in [2.45, 2.75) is 19.0 Å². The number of carbonyl (C=O) groups is 1. The highest BCUT2D eigenvalue weighted by molar-refractivity contribution is 5.70. The van der Waals surface area contributed by atoms with Gasteiger partial charge in [-0.2, -0.15) is 0 Å². The molecule has 126 valence electrons. The van der Waals surface area contributed by atoms with Crippen LogP contribution in [0.3, 0.4) is 0 Å². The fourth-order valence-electron chi connectivity index (χ4n) is 2.81. The van der Waals surface area contributed by atoms with Gasteiger partial charge in [-0.25, -0.2) is 4.79 Å². The first kappa shape index (κ1) is 16.2. The Morgan fingerprint density at radius 2 is 1.50 bits per heavy atom. The molecule has 5 heteroatoms. The van der Waals surface area contributed by atoms with Crippen molar-refractivity contribution in [3.63, 3.8) is 0 Å². The molecule has 0 spiro atoms. The summed E-state index contributed by atoms with van der Waals surface area (Å²) in [6.07, 6.45) is 0.496. The molecule has 5 nitrogen and oxygen atoms in total. The largest absolute Gasteiger partial charge is 0.497 e. The van der Waals surface area contributed by atoms with Gasteiger partial charge >= 0.3 is 6.09 Å². The van der Waals surface area contributed by atoms with Crippen LogP contribution in [0.1, 0.15) is 11.1 Å². The molecule has 24 heavy (non-hydrogen) atoms. The van der Waals surface area contributed by atoms with Crippen molar-refractivity contribution in [2.24, 2.45) is 0 Å². The number of amides is 1.